The first-order valence-corrected chi connectivity index (χ1v) is 6.58. The minimum atomic E-state index is -3.82. The maximum absolute atomic E-state index is 11.4. The smallest absolute Gasteiger partial charge is 0.320 e. The van der Waals surface area contributed by atoms with Crippen molar-refractivity contribution in [1.29, 1.82) is 0 Å². The molecule has 2 N–H and O–H groups in total. The molecule has 1 rings (SSSR count). The topological polar surface area (TPSA) is 101 Å². The van der Waals surface area contributed by atoms with Crippen LogP contribution in [0.1, 0.15) is 24.2 Å². The Hall–Kier alpha value is -1.41. The van der Waals surface area contributed by atoms with Gasteiger partial charge in [-0.25, -0.2) is 13.1 Å². The van der Waals surface area contributed by atoms with Gasteiger partial charge in [-0.2, -0.15) is 5.10 Å². The van der Waals surface area contributed by atoms with Crippen LogP contribution in [0.2, 0.25) is 0 Å². The van der Waals surface area contributed by atoms with E-state index in [2.05, 4.69) is 9.82 Å². The maximum atomic E-state index is 11.4. The summed E-state index contributed by atoms with van der Waals surface area (Å²) in [5, 5.41) is 12.4. The van der Waals surface area contributed by atoms with Crippen molar-refractivity contribution in [2.75, 3.05) is 5.75 Å². The van der Waals surface area contributed by atoms with Crippen LogP contribution in [0.5, 0.6) is 0 Å². The molecule has 0 fully saturated rings. The van der Waals surface area contributed by atoms with Crippen molar-refractivity contribution >= 4 is 16.0 Å². The molecule has 0 radical (unpaired) electrons. The van der Waals surface area contributed by atoms with Crippen molar-refractivity contribution in [3.8, 4) is 0 Å². The molecular weight excluding hydrogens is 246 g/mol. The lowest BCUT2D eigenvalue weighted by Crippen LogP contribution is -2.32. The average Bonchev–Trinajstić information content (AvgIpc) is 2.44. The molecule has 0 amide bonds. The Morgan fingerprint density at radius 2 is 2.24 bits per heavy atom. The molecule has 0 aliphatic heterocycles. The molecule has 1 aromatic rings. The Bertz CT molecular complexity index is 520. The summed E-state index contributed by atoms with van der Waals surface area (Å²) in [7, 11) is -2.07. The minimum Gasteiger partial charge on any atom is -0.480 e. The maximum Gasteiger partial charge on any atom is 0.320 e. The van der Waals surface area contributed by atoms with E-state index >= 15 is 0 Å². The Labute approximate surface area is 99.5 Å². The molecule has 0 spiro atoms. The summed E-state index contributed by atoms with van der Waals surface area (Å²) in [4.78, 5) is 10.4. The van der Waals surface area contributed by atoms with Gasteiger partial charge in [-0.3, -0.25) is 9.48 Å². The lowest BCUT2D eigenvalue weighted by Gasteiger charge is -2.12. The fraction of sp³-hybridized carbons (Fsp3) is 0.556. The van der Waals surface area contributed by atoms with E-state index < -0.39 is 27.8 Å². The van der Waals surface area contributed by atoms with Crippen LogP contribution in [0.25, 0.3) is 0 Å². The molecule has 1 heterocycles. The second-order valence-corrected chi connectivity index (χ2v) is 5.56. The number of aryl methyl sites for hydroxylation is 1. The third-order valence-corrected chi connectivity index (χ3v) is 3.75. The fourth-order valence-electron chi connectivity index (χ4n) is 1.48. The first-order chi connectivity index (χ1) is 7.73. The van der Waals surface area contributed by atoms with E-state index in [0.29, 0.717) is 0 Å². The number of hydrogen-bond acceptors (Lipinski definition) is 4. The molecule has 0 aliphatic carbocycles. The van der Waals surface area contributed by atoms with Gasteiger partial charge in [0.05, 0.1) is 6.20 Å². The fourth-order valence-corrected chi connectivity index (χ4v) is 2.55. The average molecular weight is 261 g/mol. The summed E-state index contributed by atoms with van der Waals surface area (Å²) < 4.78 is 26.8. The molecule has 0 bridgehead atoms. The van der Waals surface area contributed by atoms with E-state index in [-0.39, 0.29) is 0 Å². The van der Waals surface area contributed by atoms with E-state index in [1.54, 1.807) is 24.9 Å². The highest BCUT2D eigenvalue weighted by Crippen LogP contribution is 2.16. The molecule has 96 valence electrons. The summed E-state index contributed by atoms with van der Waals surface area (Å²) >= 11 is 0. The van der Waals surface area contributed by atoms with Gasteiger partial charge in [0, 0.05) is 24.3 Å². The molecule has 0 saturated heterocycles. The second-order valence-electron chi connectivity index (χ2n) is 3.80. The monoisotopic (exact) mass is 261 g/mol. The Morgan fingerprint density at radius 1 is 1.65 bits per heavy atom. The zero-order chi connectivity index (χ0) is 13.2. The van der Waals surface area contributed by atoms with Crippen molar-refractivity contribution in [3.05, 3.63) is 17.5 Å². The quantitative estimate of drug-likeness (QED) is 0.764. The zero-order valence-corrected chi connectivity index (χ0v) is 10.7. The van der Waals surface area contributed by atoms with Crippen molar-refractivity contribution in [1.82, 2.24) is 14.5 Å². The van der Waals surface area contributed by atoms with Gasteiger partial charge in [0.15, 0.2) is 5.75 Å². The van der Waals surface area contributed by atoms with Crippen molar-refractivity contribution in [2.45, 2.75) is 19.9 Å². The van der Waals surface area contributed by atoms with Crippen LogP contribution in [-0.2, 0) is 21.9 Å². The van der Waals surface area contributed by atoms with Gasteiger partial charge in [-0.15, -0.1) is 0 Å². The van der Waals surface area contributed by atoms with Gasteiger partial charge in [-0.05, 0) is 13.8 Å². The number of hydrogen-bond donors (Lipinski definition) is 2. The van der Waals surface area contributed by atoms with Crippen LogP contribution < -0.4 is 4.72 Å². The number of rotatable bonds is 5. The lowest BCUT2D eigenvalue weighted by atomic mass is 10.1. The van der Waals surface area contributed by atoms with Crippen molar-refractivity contribution < 1.29 is 18.3 Å². The lowest BCUT2D eigenvalue weighted by molar-refractivity contribution is -0.134. The third kappa shape index (κ3) is 3.53. The highest BCUT2D eigenvalue weighted by molar-refractivity contribution is 7.90. The van der Waals surface area contributed by atoms with E-state index in [1.807, 2.05) is 6.92 Å². The SMILES string of the molecule is Cc1c(C(C)NS(=O)(=O)CC(=O)O)cnn1C. The molecule has 1 aromatic heterocycles. The van der Waals surface area contributed by atoms with Gasteiger partial charge < -0.3 is 5.11 Å². The summed E-state index contributed by atoms with van der Waals surface area (Å²) in [6, 6.07) is -0.506. The van der Waals surface area contributed by atoms with Crippen molar-refractivity contribution in [2.24, 2.45) is 7.05 Å². The van der Waals surface area contributed by atoms with Crippen LogP contribution >= 0.6 is 0 Å². The normalized spacial score (nSPS) is 13.6. The summed E-state index contributed by atoms with van der Waals surface area (Å²) in [5.41, 5.74) is 1.55. The van der Waals surface area contributed by atoms with Crippen LogP contribution in [0.4, 0.5) is 0 Å². The standard InChI is InChI=1S/C9H15N3O4S/c1-6(8-4-10-12(3)7(8)2)11-17(15,16)5-9(13)14/h4,6,11H,5H2,1-3H3,(H,13,14). The predicted molar refractivity (Wildman–Crippen MR) is 60.9 cm³/mol. The number of carbonyl (C=O) groups is 1. The Morgan fingerprint density at radius 3 is 2.65 bits per heavy atom. The predicted octanol–water partition coefficient (Wildman–Crippen LogP) is -0.206. The molecule has 17 heavy (non-hydrogen) atoms. The number of sulfonamides is 1. The number of carboxylic acids is 1. The van der Waals surface area contributed by atoms with E-state index in [9.17, 15) is 13.2 Å². The second kappa shape index (κ2) is 4.84. The highest BCUT2D eigenvalue weighted by Gasteiger charge is 2.21. The third-order valence-electron chi connectivity index (χ3n) is 2.41. The van der Waals surface area contributed by atoms with Gasteiger partial charge in [0.1, 0.15) is 0 Å². The number of nitrogens with zero attached hydrogens (tertiary/aromatic N) is 2. The molecular formula is C9H15N3O4S. The molecule has 1 atom stereocenters. The zero-order valence-electron chi connectivity index (χ0n) is 9.84. The van der Waals surface area contributed by atoms with Gasteiger partial charge >= 0.3 is 5.97 Å². The number of carboxylic acid groups (broad SMARTS) is 1. The summed E-state index contributed by atoms with van der Waals surface area (Å²) in [6.45, 7) is 3.45. The molecule has 0 aromatic carbocycles. The first kappa shape index (κ1) is 13.7. The van der Waals surface area contributed by atoms with E-state index in [1.165, 1.54) is 0 Å². The molecule has 0 aliphatic rings. The number of nitrogens with one attached hydrogen (secondary N) is 1. The van der Waals surface area contributed by atoms with Crippen LogP contribution in [0.15, 0.2) is 6.20 Å². The number of aliphatic carboxylic acids is 1. The summed E-state index contributed by atoms with van der Waals surface area (Å²) in [6.07, 6.45) is 1.56. The van der Waals surface area contributed by atoms with Gasteiger partial charge in [0.2, 0.25) is 10.0 Å². The molecule has 7 nitrogen and oxygen atoms in total. The number of aromatic nitrogens is 2. The van der Waals surface area contributed by atoms with Crippen molar-refractivity contribution in [3.63, 3.8) is 0 Å². The Balaban J connectivity index is 2.83. The van der Waals surface area contributed by atoms with Crippen LogP contribution in [0.3, 0.4) is 0 Å². The minimum absolute atomic E-state index is 0.506. The first-order valence-electron chi connectivity index (χ1n) is 4.93. The molecule has 1 unspecified atom stereocenters. The Kier molecular flexibility index (Phi) is 3.89. The van der Waals surface area contributed by atoms with Gasteiger partial charge in [-0.1, -0.05) is 0 Å². The van der Waals surface area contributed by atoms with Crippen LogP contribution in [-0.4, -0.2) is 35.0 Å². The summed E-state index contributed by atoms with van der Waals surface area (Å²) in [5.74, 6) is -2.32. The van der Waals surface area contributed by atoms with E-state index in [0.717, 1.165) is 11.3 Å². The van der Waals surface area contributed by atoms with Crippen LogP contribution in [0, 0.1) is 6.92 Å². The van der Waals surface area contributed by atoms with Gasteiger partial charge in [0.25, 0.3) is 0 Å². The molecule has 0 saturated carbocycles. The largest absolute Gasteiger partial charge is 0.480 e. The highest BCUT2D eigenvalue weighted by atomic mass is 32.2. The van der Waals surface area contributed by atoms with E-state index in [4.69, 9.17) is 5.11 Å². The molecule has 8 heteroatoms.